The minimum Gasteiger partial charge on any atom is -0.452 e. The van der Waals surface area contributed by atoms with Gasteiger partial charge in [-0.1, -0.05) is 23.3 Å². The molecular formula is C14H17N3NaO11S3+. The second-order valence-electron chi connectivity index (χ2n) is 5.91. The van der Waals surface area contributed by atoms with Crippen LogP contribution in [0.15, 0.2) is 35.4 Å². The minimum atomic E-state index is -5.24. The van der Waals surface area contributed by atoms with Crippen LogP contribution in [0.4, 0.5) is 0 Å². The third kappa shape index (κ3) is 8.77. The van der Waals surface area contributed by atoms with Crippen molar-refractivity contribution in [1.82, 2.24) is 0 Å². The first-order valence-corrected chi connectivity index (χ1v) is 12.2. The van der Waals surface area contributed by atoms with Gasteiger partial charge in [-0.05, 0) is 23.9 Å². The second-order valence-corrected chi connectivity index (χ2v) is 8.94. The van der Waals surface area contributed by atoms with Crippen molar-refractivity contribution in [2.75, 3.05) is 12.8 Å². The van der Waals surface area contributed by atoms with Crippen LogP contribution in [-0.2, 0) is 38.6 Å². The Morgan fingerprint density at radius 2 is 1.69 bits per heavy atom. The molecule has 1 saturated heterocycles. The molecule has 2 N–H and O–H groups in total. The van der Waals surface area contributed by atoms with Gasteiger partial charge in [-0.3, -0.25) is 9.11 Å². The normalized spacial score (nSPS) is 25.8. The zero-order chi connectivity index (χ0) is 23.2. The monoisotopic (exact) mass is 522 g/mol. The van der Waals surface area contributed by atoms with E-state index in [-0.39, 0.29) is 35.1 Å². The molecule has 0 spiro atoms. The molecule has 18 heteroatoms. The van der Waals surface area contributed by atoms with Gasteiger partial charge in [0.05, 0.1) is 18.2 Å². The Labute approximate surface area is 209 Å². The van der Waals surface area contributed by atoms with Gasteiger partial charge in [-0.15, -0.1) is 11.8 Å². The van der Waals surface area contributed by atoms with E-state index in [0.29, 0.717) is 0 Å². The van der Waals surface area contributed by atoms with Crippen molar-refractivity contribution in [2.45, 2.75) is 29.9 Å². The Balaban J connectivity index is 0.00000512. The summed E-state index contributed by atoms with van der Waals surface area (Å²) in [5, 5.41) is 3.22. The number of rotatable bonds is 9. The average molecular weight is 522 g/mol. The number of esters is 1. The molecule has 2 rings (SSSR count). The summed E-state index contributed by atoms with van der Waals surface area (Å²) in [5.74, 6) is -0.948. The predicted molar refractivity (Wildman–Crippen MR) is 105 cm³/mol. The zero-order valence-corrected chi connectivity index (χ0v) is 21.1. The maximum atomic E-state index is 12.5. The molecule has 0 amide bonds. The first-order valence-electron chi connectivity index (χ1n) is 8.21. The van der Waals surface area contributed by atoms with E-state index in [1.165, 1.54) is 30.5 Å². The number of ether oxygens (including phenoxy) is 2. The largest absolute Gasteiger partial charge is 1.00 e. The van der Waals surface area contributed by atoms with E-state index in [9.17, 15) is 26.2 Å². The van der Waals surface area contributed by atoms with Gasteiger partial charge in [0.1, 0.15) is 17.6 Å². The molecule has 0 aliphatic carbocycles. The maximum absolute atomic E-state index is 12.5. The van der Waals surface area contributed by atoms with Gasteiger partial charge >= 0.3 is 56.3 Å². The van der Waals surface area contributed by atoms with Gasteiger partial charge in [-0.2, -0.15) is 16.8 Å². The van der Waals surface area contributed by atoms with Crippen LogP contribution >= 0.6 is 11.8 Å². The van der Waals surface area contributed by atoms with E-state index in [1.807, 2.05) is 0 Å². The third-order valence-corrected chi connectivity index (χ3v) is 5.64. The summed E-state index contributed by atoms with van der Waals surface area (Å²) in [6, 6.07) is 7.50. The van der Waals surface area contributed by atoms with E-state index < -0.39 is 63.2 Å². The Kier molecular flexibility index (Phi) is 11.4. The molecule has 5 atom stereocenters. The molecule has 0 bridgehead atoms. The number of carbonyl (C=O) groups excluding carboxylic acids is 1. The van der Waals surface area contributed by atoms with Crippen LogP contribution in [0.1, 0.15) is 10.4 Å². The molecule has 172 valence electrons. The summed E-state index contributed by atoms with van der Waals surface area (Å²) in [5.41, 5.74) is 7.44. The van der Waals surface area contributed by atoms with Crippen molar-refractivity contribution in [1.29, 1.82) is 0 Å². The van der Waals surface area contributed by atoms with Gasteiger partial charge in [-0.25, -0.2) is 13.2 Å². The van der Waals surface area contributed by atoms with Crippen molar-refractivity contribution in [3.05, 3.63) is 46.3 Å². The van der Waals surface area contributed by atoms with Crippen LogP contribution in [0, 0.1) is 0 Å². The third-order valence-electron chi connectivity index (χ3n) is 3.87. The van der Waals surface area contributed by atoms with Crippen LogP contribution < -0.4 is 29.6 Å². The van der Waals surface area contributed by atoms with Crippen molar-refractivity contribution < 1.29 is 78.1 Å². The minimum absolute atomic E-state index is 0. The molecule has 1 aliphatic heterocycles. The molecule has 0 aromatic heterocycles. The van der Waals surface area contributed by atoms with Gasteiger partial charge < -0.3 is 9.47 Å². The van der Waals surface area contributed by atoms with Gasteiger partial charge in [0, 0.05) is 4.91 Å². The Morgan fingerprint density at radius 3 is 2.19 bits per heavy atom. The van der Waals surface area contributed by atoms with Gasteiger partial charge in [0.15, 0.2) is 6.10 Å². The SMILES string of the molecule is CS[C@H]1O[C@H](CN=[N+]=[N-])[C@@H](OS(=O)(=O)O)[C@H](OS(=O)(=O)O)[C@@H]1OC(=O)c1ccccc1.[Na+]. The molecule has 1 aromatic rings. The summed E-state index contributed by atoms with van der Waals surface area (Å²) in [6.07, 6.45) is -5.60. The fourth-order valence-electron chi connectivity index (χ4n) is 2.73. The van der Waals surface area contributed by atoms with Crippen molar-refractivity contribution in [3.8, 4) is 0 Å². The molecule has 1 fully saturated rings. The van der Waals surface area contributed by atoms with E-state index in [4.69, 9.17) is 19.6 Å². The van der Waals surface area contributed by atoms with Crippen LogP contribution in [0.5, 0.6) is 0 Å². The van der Waals surface area contributed by atoms with Crippen LogP contribution in [0.25, 0.3) is 10.4 Å². The number of nitrogens with zero attached hydrogens (tertiary/aromatic N) is 3. The van der Waals surface area contributed by atoms with Crippen LogP contribution in [-0.4, -0.2) is 74.6 Å². The molecule has 0 unspecified atom stereocenters. The first-order chi connectivity index (χ1) is 14.4. The Morgan fingerprint density at radius 1 is 1.12 bits per heavy atom. The van der Waals surface area contributed by atoms with E-state index in [2.05, 4.69) is 18.4 Å². The topological polar surface area (TPSA) is 211 Å². The van der Waals surface area contributed by atoms with Crippen LogP contribution in [0.3, 0.4) is 0 Å². The molecule has 0 saturated carbocycles. The zero-order valence-electron chi connectivity index (χ0n) is 16.6. The summed E-state index contributed by atoms with van der Waals surface area (Å²) < 4.78 is 83.7. The summed E-state index contributed by atoms with van der Waals surface area (Å²) in [7, 11) is -10.5. The van der Waals surface area contributed by atoms with Crippen molar-refractivity contribution in [3.63, 3.8) is 0 Å². The molecule has 14 nitrogen and oxygen atoms in total. The molecule has 1 aromatic carbocycles. The van der Waals surface area contributed by atoms with Crippen molar-refractivity contribution in [2.24, 2.45) is 5.11 Å². The Hall–Kier alpha value is -0.950. The van der Waals surface area contributed by atoms with Gasteiger partial charge in [0.25, 0.3) is 0 Å². The first kappa shape index (κ1) is 29.1. The Bertz CT molecular complexity index is 1030. The molecule has 1 aliphatic rings. The molecule has 32 heavy (non-hydrogen) atoms. The molecule has 0 radical (unpaired) electrons. The standard InChI is InChI=1S/C14H17N3O11S3.Na/c1-29-14-12(26-13(18)8-5-3-2-4-6-8)11(28-31(22,23)24)10(27-30(19,20)21)9(25-14)7-16-17-15;/h2-6,9-12,14H,7H2,1H3,(H,19,20,21)(H,22,23,24);/q;+1/t9-,10-,11+,12+,14-;/m1./s1. The van der Waals surface area contributed by atoms with Crippen molar-refractivity contribution >= 4 is 38.5 Å². The molecule has 1 heterocycles. The van der Waals surface area contributed by atoms with Gasteiger partial charge in [0.2, 0.25) is 0 Å². The van der Waals surface area contributed by atoms with Crippen LogP contribution in [0.2, 0.25) is 0 Å². The van der Waals surface area contributed by atoms with E-state index in [1.54, 1.807) is 6.07 Å². The maximum Gasteiger partial charge on any atom is 1.00 e. The number of azide groups is 1. The second kappa shape index (κ2) is 12.5. The predicted octanol–water partition coefficient (Wildman–Crippen LogP) is -2.01. The number of carbonyl (C=O) groups is 1. The summed E-state index contributed by atoms with van der Waals surface area (Å²) in [6.45, 7) is -0.571. The van der Waals surface area contributed by atoms with E-state index in [0.717, 1.165) is 11.8 Å². The molecular weight excluding hydrogens is 505 g/mol. The number of hydrogen-bond donors (Lipinski definition) is 2. The average Bonchev–Trinajstić information content (AvgIpc) is 2.68. The number of hydrogen-bond acceptors (Lipinski definition) is 11. The number of thioether (sulfide) groups is 1. The van der Waals surface area contributed by atoms with E-state index >= 15 is 0 Å². The summed E-state index contributed by atoms with van der Waals surface area (Å²) in [4.78, 5) is 15.0. The number of benzene rings is 1. The quantitative estimate of drug-likeness (QED) is 0.0899. The fraction of sp³-hybridized carbons (Fsp3) is 0.500. The fourth-order valence-corrected chi connectivity index (χ4v) is 4.48. The smallest absolute Gasteiger partial charge is 0.452 e. The summed E-state index contributed by atoms with van der Waals surface area (Å²) >= 11 is 0.920.